The van der Waals surface area contributed by atoms with Crippen molar-refractivity contribution in [1.29, 1.82) is 0 Å². The van der Waals surface area contributed by atoms with Crippen LogP contribution in [0.2, 0.25) is 0 Å². The van der Waals surface area contributed by atoms with Gasteiger partial charge in [0.05, 0.1) is 13.2 Å². The summed E-state index contributed by atoms with van der Waals surface area (Å²) in [5.41, 5.74) is 0.266. The Balaban J connectivity index is 2.06. The first-order chi connectivity index (χ1) is 13.7. The van der Waals surface area contributed by atoms with Gasteiger partial charge in [-0.3, -0.25) is 4.99 Å². The summed E-state index contributed by atoms with van der Waals surface area (Å²) in [6, 6.07) is 5.22. The van der Waals surface area contributed by atoms with E-state index in [1.807, 2.05) is 11.0 Å². The van der Waals surface area contributed by atoms with Gasteiger partial charge in [-0.2, -0.15) is 13.2 Å². The van der Waals surface area contributed by atoms with Crippen molar-refractivity contribution < 1.29 is 22.3 Å². The standard InChI is InChI=1S/C22H22F4N2O/c1-4-18(23)15(2)20(27-3)28-12-13-29-14-17-16(6-5-7-19(17)28)8-9-21(10-11-21)22(24,25)26/h4-7H,1,10-14H2,2-3H3/b18-15-,27-20+. The van der Waals surface area contributed by atoms with Gasteiger partial charge < -0.3 is 9.64 Å². The van der Waals surface area contributed by atoms with E-state index in [1.54, 1.807) is 26.1 Å². The number of nitrogens with zero attached hydrogens (tertiary/aromatic N) is 2. The number of halogens is 4. The van der Waals surface area contributed by atoms with Crippen molar-refractivity contribution in [2.24, 2.45) is 10.4 Å². The maximum Gasteiger partial charge on any atom is 0.405 e. The molecule has 3 nitrogen and oxygen atoms in total. The SMILES string of the molecule is C=C/C(F)=C(C)/C(=N\C)N1CCOCc2c(C#CC3(C(F)(F)F)CC3)cccc21. The number of anilines is 1. The van der Waals surface area contributed by atoms with Crippen LogP contribution in [0.4, 0.5) is 23.2 Å². The number of allylic oxidation sites excluding steroid dienone is 2. The van der Waals surface area contributed by atoms with Gasteiger partial charge in [-0.25, -0.2) is 4.39 Å². The molecule has 1 aromatic rings. The molecule has 0 aromatic heterocycles. The van der Waals surface area contributed by atoms with Crippen molar-refractivity contribution in [3.8, 4) is 11.8 Å². The Labute approximate surface area is 167 Å². The molecule has 1 aliphatic carbocycles. The molecule has 1 saturated carbocycles. The second kappa shape index (κ2) is 8.03. The molecule has 0 spiro atoms. The zero-order valence-electron chi connectivity index (χ0n) is 16.4. The van der Waals surface area contributed by atoms with E-state index in [1.165, 1.54) is 0 Å². The lowest BCUT2D eigenvalue weighted by Crippen LogP contribution is -2.34. The Morgan fingerprint density at radius 3 is 2.66 bits per heavy atom. The van der Waals surface area contributed by atoms with Crippen LogP contribution in [-0.2, 0) is 11.3 Å². The molecule has 2 aliphatic rings. The number of amidine groups is 1. The third kappa shape index (κ3) is 4.08. The maximum atomic E-state index is 14.1. The quantitative estimate of drug-likeness (QED) is 0.222. The Morgan fingerprint density at radius 1 is 1.34 bits per heavy atom. The van der Waals surface area contributed by atoms with Gasteiger partial charge in [-0.05, 0) is 38.0 Å². The zero-order chi connectivity index (χ0) is 21.2. The predicted octanol–water partition coefficient (Wildman–Crippen LogP) is 5.18. The summed E-state index contributed by atoms with van der Waals surface area (Å²) >= 11 is 0. The largest absolute Gasteiger partial charge is 0.405 e. The molecule has 29 heavy (non-hydrogen) atoms. The van der Waals surface area contributed by atoms with Crippen LogP contribution < -0.4 is 4.90 Å². The number of alkyl halides is 3. The highest BCUT2D eigenvalue weighted by atomic mass is 19.4. The van der Waals surface area contributed by atoms with Crippen LogP contribution in [0.15, 0.2) is 47.2 Å². The Morgan fingerprint density at radius 2 is 2.07 bits per heavy atom. The first-order valence-corrected chi connectivity index (χ1v) is 9.27. The van der Waals surface area contributed by atoms with Crippen molar-refractivity contribution >= 4 is 11.5 Å². The van der Waals surface area contributed by atoms with E-state index >= 15 is 0 Å². The number of fused-ring (bicyclic) bond motifs is 1. The van der Waals surface area contributed by atoms with Gasteiger partial charge in [0.1, 0.15) is 17.1 Å². The molecule has 0 atom stereocenters. The summed E-state index contributed by atoms with van der Waals surface area (Å²) in [6.45, 7) is 6.04. The van der Waals surface area contributed by atoms with E-state index in [4.69, 9.17) is 4.74 Å². The van der Waals surface area contributed by atoms with Crippen molar-refractivity contribution in [3.63, 3.8) is 0 Å². The van der Waals surface area contributed by atoms with Crippen LogP contribution in [-0.4, -0.2) is 32.2 Å². The summed E-state index contributed by atoms with van der Waals surface area (Å²) < 4.78 is 59.4. The second-order valence-corrected chi connectivity index (χ2v) is 7.06. The third-order valence-corrected chi connectivity index (χ3v) is 5.22. The number of aliphatic imine (C=N–C) groups is 1. The summed E-state index contributed by atoms with van der Waals surface area (Å²) in [6.07, 6.45) is -3.17. The first-order valence-electron chi connectivity index (χ1n) is 9.27. The van der Waals surface area contributed by atoms with Gasteiger partial charge in [-0.1, -0.05) is 24.5 Å². The van der Waals surface area contributed by atoms with Crippen molar-refractivity contribution in [2.75, 3.05) is 25.1 Å². The number of hydrogen-bond acceptors (Lipinski definition) is 2. The molecule has 0 bridgehead atoms. The smallest absolute Gasteiger partial charge is 0.375 e. The number of rotatable bonds is 2. The molecule has 7 heteroatoms. The Bertz CT molecular complexity index is 930. The lowest BCUT2D eigenvalue weighted by molar-refractivity contribution is -0.168. The molecule has 1 fully saturated rings. The summed E-state index contributed by atoms with van der Waals surface area (Å²) in [4.78, 5) is 6.04. The predicted molar refractivity (Wildman–Crippen MR) is 105 cm³/mol. The summed E-state index contributed by atoms with van der Waals surface area (Å²) in [5.74, 6) is 5.09. The highest BCUT2D eigenvalue weighted by molar-refractivity contribution is 6.10. The molecule has 0 amide bonds. The highest BCUT2D eigenvalue weighted by Crippen LogP contribution is 2.57. The van der Waals surface area contributed by atoms with E-state index in [2.05, 4.69) is 23.4 Å². The average molecular weight is 406 g/mol. The van der Waals surface area contributed by atoms with Crippen LogP contribution in [0, 0.1) is 17.3 Å². The molecule has 1 heterocycles. The first kappa shape index (κ1) is 21.1. The van der Waals surface area contributed by atoms with Crippen molar-refractivity contribution in [2.45, 2.75) is 32.5 Å². The number of ether oxygens (including phenoxy) is 1. The second-order valence-electron chi connectivity index (χ2n) is 7.06. The molecule has 1 aliphatic heterocycles. The van der Waals surface area contributed by atoms with Crippen molar-refractivity contribution in [3.05, 3.63) is 53.4 Å². The van der Waals surface area contributed by atoms with Gasteiger partial charge in [-0.15, -0.1) is 0 Å². The fourth-order valence-electron chi connectivity index (χ4n) is 3.31. The number of hydrogen-bond donors (Lipinski definition) is 0. The molecular weight excluding hydrogens is 384 g/mol. The highest BCUT2D eigenvalue weighted by Gasteiger charge is 2.62. The zero-order valence-corrected chi connectivity index (χ0v) is 16.4. The molecule has 0 unspecified atom stereocenters. The van der Waals surface area contributed by atoms with E-state index in [0.29, 0.717) is 41.4 Å². The van der Waals surface area contributed by atoms with Crippen LogP contribution in [0.5, 0.6) is 0 Å². The Kier molecular flexibility index (Phi) is 5.85. The van der Waals surface area contributed by atoms with E-state index in [-0.39, 0.29) is 19.4 Å². The minimum Gasteiger partial charge on any atom is -0.375 e. The van der Waals surface area contributed by atoms with Gasteiger partial charge >= 0.3 is 6.18 Å². The van der Waals surface area contributed by atoms with Gasteiger partial charge in [0, 0.05) is 36.0 Å². The van der Waals surface area contributed by atoms with E-state index in [0.717, 1.165) is 6.08 Å². The lowest BCUT2D eigenvalue weighted by atomic mass is 10.0. The number of benzene rings is 1. The minimum atomic E-state index is -4.33. The summed E-state index contributed by atoms with van der Waals surface area (Å²) in [7, 11) is 1.56. The monoisotopic (exact) mass is 406 g/mol. The van der Waals surface area contributed by atoms with Crippen LogP contribution in [0.1, 0.15) is 30.9 Å². The van der Waals surface area contributed by atoms with E-state index in [9.17, 15) is 17.6 Å². The van der Waals surface area contributed by atoms with Gasteiger partial charge in [0.25, 0.3) is 0 Å². The molecular formula is C22H22F4N2O. The maximum absolute atomic E-state index is 14.1. The molecule has 0 saturated heterocycles. The Hall–Kier alpha value is -2.59. The van der Waals surface area contributed by atoms with Crippen molar-refractivity contribution in [1.82, 2.24) is 0 Å². The minimum absolute atomic E-state index is 0.0264. The molecule has 0 N–H and O–H groups in total. The fraction of sp³-hybridized carbons (Fsp3) is 0.409. The van der Waals surface area contributed by atoms with Gasteiger partial charge in [0.15, 0.2) is 0 Å². The molecule has 3 rings (SSSR count). The van der Waals surface area contributed by atoms with E-state index < -0.39 is 17.4 Å². The van der Waals surface area contributed by atoms with Crippen LogP contribution in [0.25, 0.3) is 0 Å². The lowest BCUT2D eigenvalue weighted by Gasteiger charge is -2.26. The molecule has 154 valence electrons. The normalized spacial score (nSPS) is 19.4. The third-order valence-electron chi connectivity index (χ3n) is 5.22. The topological polar surface area (TPSA) is 24.8 Å². The molecule has 1 aromatic carbocycles. The molecule has 0 radical (unpaired) electrons. The van der Waals surface area contributed by atoms with Crippen LogP contribution in [0.3, 0.4) is 0 Å². The average Bonchev–Trinajstić information content (AvgIpc) is 3.51. The summed E-state index contributed by atoms with van der Waals surface area (Å²) in [5, 5.41) is 0. The fourth-order valence-corrected chi connectivity index (χ4v) is 3.31. The van der Waals surface area contributed by atoms with Crippen LogP contribution >= 0.6 is 0 Å². The van der Waals surface area contributed by atoms with Gasteiger partial charge in [0.2, 0.25) is 0 Å².